The fraction of sp³-hybridized carbons (Fsp3) is 0.905. The van der Waals surface area contributed by atoms with E-state index in [0.717, 1.165) is 32.1 Å². The van der Waals surface area contributed by atoms with Crippen molar-refractivity contribution < 1.29 is 23.5 Å². The Hall–Kier alpha value is -1.08. The van der Waals surface area contributed by atoms with Crippen LogP contribution in [0.5, 0.6) is 0 Å². The molecular formula is C21H41NO5Si. The van der Waals surface area contributed by atoms with Crippen LogP contribution >= 0.6 is 0 Å². The number of hydrogen-bond acceptors (Lipinski definition) is 5. The topological polar surface area (TPSA) is 65.1 Å². The highest BCUT2D eigenvalue weighted by atomic mass is 28.4. The molecule has 0 aromatic heterocycles. The van der Waals surface area contributed by atoms with E-state index < -0.39 is 20.5 Å². The summed E-state index contributed by atoms with van der Waals surface area (Å²) in [6.45, 7) is 13.8. The highest BCUT2D eigenvalue weighted by Gasteiger charge is 2.45. The molecule has 1 fully saturated rings. The van der Waals surface area contributed by atoms with Gasteiger partial charge in [-0.05, 0) is 49.7 Å². The van der Waals surface area contributed by atoms with Crippen LogP contribution in [0.15, 0.2) is 0 Å². The highest BCUT2D eigenvalue weighted by Crippen LogP contribution is 2.38. The number of carbonyl (C=O) groups excluding carboxylic acids is 2. The van der Waals surface area contributed by atoms with Crippen molar-refractivity contribution in [2.45, 2.75) is 96.4 Å². The lowest BCUT2D eigenvalue weighted by Crippen LogP contribution is -2.58. The second-order valence-corrected chi connectivity index (χ2v) is 14.2. The number of nitrogens with zero attached hydrogens (tertiary/aromatic N) is 1. The molecule has 0 bridgehead atoms. The van der Waals surface area contributed by atoms with Gasteiger partial charge in [0.15, 0.2) is 8.32 Å². The first-order chi connectivity index (χ1) is 13.0. The van der Waals surface area contributed by atoms with Gasteiger partial charge in [0.05, 0.1) is 14.2 Å². The lowest BCUT2D eigenvalue weighted by Gasteiger charge is -2.44. The van der Waals surface area contributed by atoms with Gasteiger partial charge in [0.25, 0.3) is 0 Å². The third-order valence-corrected chi connectivity index (χ3v) is 11.0. The number of amides is 1. The maximum atomic E-state index is 12.6. The number of methoxy groups -OCH3 is 2. The van der Waals surface area contributed by atoms with Gasteiger partial charge in [-0.25, -0.2) is 9.59 Å². The molecular weight excluding hydrogens is 374 g/mol. The molecule has 6 nitrogen and oxygen atoms in total. The van der Waals surface area contributed by atoms with E-state index in [9.17, 15) is 9.59 Å². The average Bonchev–Trinajstić information content (AvgIpc) is 2.63. The molecule has 7 heteroatoms. The summed E-state index contributed by atoms with van der Waals surface area (Å²) in [5.74, 6) is -0.231. The number of ether oxygens (including phenoxy) is 2. The zero-order valence-electron chi connectivity index (χ0n) is 19.2. The van der Waals surface area contributed by atoms with Crippen molar-refractivity contribution in [2.24, 2.45) is 5.92 Å². The summed E-state index contributed by atoms with van der Waals surface area (Å²) in [7, 11) is 0.908. The normalized spacial score (nSPS) is 23.4. The molecule has 0 radical (unpaired) electrons. The molecule has 0 aromatic rings. The third-order valence-electron chi connectivity index (χ3n) is 6.49. The summed E-state index contributed by atoms with van der Waals surface area (Å²) in [4.78, 5) is 26.8. The summed E-state index contributed by atoms with van der Waals surface area (Å²) in [5, 5.41) is 0.140. The molecule has 164 valence electrons. The van der Waals surface area contributed by atoms with E-state index >= 15 is 0 Å². The van der Waals surface area contributed by atoms with E-state index in [4.69, 9.17) is 13.9 Å². The summed E-state index contributed by atoms with van der Waals surface area (Å²) in [5.41, 5.74) is 0. The van der Waals surface area contributed by atoms with E-state index in [1.165, 1.54) is 14.2 Å². The number of hydrogen-bond donors (Lipinski definition) is 0. The number of rotatable bonds is 8. The predicted octanol–water partition coefficient (Wildman–Crippen LogP) is 4.98. The summed E-state index contributed by atoms with van der Waals surface area (Å²) in [6, 6.07) is -0.644. The summed E-state index contributed by atoms with van der Waals surface area (Å²) >= 11 is 0. The summed E-state index contributed by atoms with van der Waals surface area (Å²) < 4.78 is 16.4. The lowest BCUT2D eigenvalue weighted by molar-refractivity contribution is -0.152. The third kappa shape index (κ3) is 6.21. The number of carbonyl (C=O) groups is 2. The molecule has 1 heterocycles. The van der Waals surface area contributed by atoms with Crippen LogP contribution in [0.25, 0.3) is 0 Å². The minimum absolute atomic E-state index is 0.0702. The van der Waals surface area contributed by atoms with Crippen LogP contribution in [0.3, 0.4) is 0 Å². The van der Waals surface area contributed by atoms with Crippen LogP contribution in [-0.2, 0) is 18.7 Å². The number of piperidine rings is 1. The molecule has 28 heavy (non-hydrogen) atoms. The second-order valence-electron chi connectivity index (χ2n) is 9.38. The molecule has 0 spiro atoms. The molecule has 0 aromatic carbocycles. The largest absolute Gasteiger partial charge is 0.467 e. The van der Waals surface area contributed by atoms with Gasteiger partial charge in [-0.3, -0.25) is 4.90 Å². The fourth-order valence-corrected chi connectivity index (χ4v) is 4.73. The molecule has 1 amide bonds. The molecule has 0 aliphatic carbocycles. The smallest absolute Gasteiger partial charge is 0.410 e. The van der Waals surface area contributed by atoms with E-state index in [1.54, 1.807) is 4.90 Å². The van der Waals surface area contributed by atoms with Gasteiger partial charge in [-0.15, -0.1) is 0 Å². The Bertz CT molecular complexity index is 517. The minimum Gasteiger partial charge on any atom is -0.467 e. The van der Waals surface area contributed by atoms with Gasteiger partial charge in [0.1, 0.15) is 6.04 Å². The molecule has 0 saturated carbocycles. The van der Waals surface area contributed by atoms with Gasteiger partial charge in [0, 0.05) is 12.6 Å². The van der Waals surface area contributed by atoms with Crippen LogP contribution in [0.4, 0.5) is 4.79 Å². The molecule has 1 aliphatic rings. The van der Waals surface area contributed by atoms with Crippen LogP contribution in [-0.4, -0.2) is 58.2 Å². The standard InChI is InChI=1S/C21H41NO5Si/c1-9-10-11-16-12-13-17(14-15-27-28(7,8)21(2,3)4)22(20(24)26-6)18(16)19(23)25-5/h16-18H,9-15H2,1-8H3/t16-,17+,18-/m1/s1. The van der Waals surface area contributed by atoms with Crippen molar-refractivity contribution in [1.82, 2.24) is 4.90 Å². The van der Waals surface area contributed by atoms with Gasteiger partial charge in [-0.2, -0.15) is 0 Å². The first kappa shape index (κ1) is 25.0. The Morgan fingerprint density at radius 1 is 1.07 bits per heavy atom. The SMILES string of the molecule is CCCC[C@@H]1CC[C@@H](CCO[Si](C)(C)C(C)(C)C)N(C(=O)OC)[C@H]1C(=O)OC. The fourth-order valence-electron chi connectivity index (χ4n) is 3.67. The van der Waals surface area contributed by atoms with Crippen LogP contribution in [0.2, 0.25) is 18.1 Å². The average molecular weight is 416 g/mol. The Balaban J connectivity index is 2.95. The van der Waals surface area contributed by atoms with Gasteiger partial charge >= 0.3 is 12.1 Å². The lowest BCUT2D eigenvalue weighted by atomic mass is 9.81. The van der Waals surface area contributed by atoms with Crippen molar-refractivity contribution in [3.05, 3.63) is 0 Å². The Kier molecular flexibility index (Phi) is 9.47. The van der Waals surface area contributed by atoms with Crippen molar-refractivity contribution in [3.8, 4) is 0 Å². The van der Waals surface area contributed by atoms with Crippen molar-refractivity contribution in [1.29, 1.82) is 0 Å². The quantitative estimate of drug-likeness (QED) is 0.413. The van der Waals surface area contributed by atoms with Crippen LogP contribution < -0.4 is 0 Å². The van der Waals surface area contributed by atoms with E-state index in [-0.39, 0.29) is 23.0 Å². The zero-order chi connectivity index (χ0) is 21.5. The van der Waals surface area contributed by atoms with Crippen LogP contribution in [0, 0.1) is 5.92 Å². The van der Waals surface area contributed by atoms with E-state index in [1.807, 2.05) is 0 Å². The molecule has 0 N–H and O–H groups in total. The molecule has 0 unspecified atom stereocenters. The number of esters is 1. The molecule has 1 rings (SSSR count). The van der Waals surface area contributed by atoms with Gasteiger partial charge in [-0.1, -0.05) is 40.5 Å². The maximum Gasteiger partial charge on any atom is 0.410 e. The Morgan fingerprint density at radius 2 is 1.71 bits per heavy atom. The molecule has 3 atom stereocenters. The number of likely N-dealkylation sites (tertiary alicyclic amines) is 1. The van der Waals surface area contributed by atoms with E-state index in [0.29, 0.717) is 13.0 Å². The summed E-state index contributed by atoms with van der Waals surface area (Å²) in [6.07, 6.45) is 5.04. The van der Waals surface area contributed by atoms with Crippen molar-refractivity contribution >= 4 is 20.4 Å². The van der Waals surface area contributed by atoms with Crippen molar-refractivity contribution in [2.75, 3.05) is 20.8 Å². The van der Waals surface area contributed by atoms with Crippen LogP contribution in [0.1, 0.15) is 66.2 Å². The van der Waals surface area contributed by atoms with Gasteiger partial charge < -0.3 is 13.9 Å². The highest BCUT2D eigenvalue weighted by molar-refractivity contribution is 6.74. The first-order valence-electron chi connectivity index (χ1n) is 10.6. The second kappa shape index (κ2) is 10.6. The first-order valence-corrected chi connectivity index (χ1v) is 13.5. The zero-order valence-corrected chi connectivity index (χ0v) is 20.2. The van der Waals surface area contributed by atoms with Gasteiger partial charge in [0.2, 0.25) is 0 Å². The molecule has 1 saturated heterocycles. The minimum atomic E-state index is -1.85. The van der Waals surface area contributed by atoms with Crippen molar-refractivity contribution in [3.63, 3.8) is 0 Å². The Labute approximate surface area is 172 Å². The molecule has 1 aliphatic heterocycles. The van der Waals surface area contributed by atoms with E-state index in [2.05, 4.69) is 40.8 Å². The Morgan fingerprint density at radius 3 is 2.21 bits per heavy atom. The predicted molar refractivity (Wildman–Crippen MR) is 114 cm³/mol. The number of unbranched alkanes of at least 4 members (excludes halogenated alkanes) is 1. The maximum absolute atomic E-state index is 12.6. The monoisotopic (exact) mass is 415 g/mol.